The molecule has 0 saturated heterocycles. The van der Waals surface area contributed by atoms with Crippen LogP contribution in [-0.2, 0) is 16.1 Å². The Hall–Kier alpha value is -1.43. The summed E-state index contributed by atoms with van der Waals surface area (Å²) in [5, 5.41) is 9.76. The van der Waals surface area contributed by atoms with Crippen molar-refractivity contribution < 1.29 is 14.6 Å². The molecule has 1 amide bonds. The normalized spacial score (nSPS) is 13.8. The fraction of sp³-hybridized carbons (Fsp3) is 0.500. The van der Waals surface area contributed by atoms with Crippen LogP contribution in [0.25, 0.3) is 0 Å². The van der Waals surface area contributed by atoms with Crippen LogP contribution in [0.2, 0.25) is 0 Å². The molecule has 0 fully saturated rings. The molecule has 1 rings (SSSR count). The lowest BCUT2D eigenvalue weighted by molar-refractivity contribution is -0.128. The van der Waals surface area contributed by atoms with Crippen molar-refractivity contribution >= 4 is 5.91 Å². The van der Waals surface area contributed by atoms with Gasteiger partial charge in [-0.25, -0.2) is 5.84 Å². The van der Waals surface area contributed by atoms with Gasteiger partial charge in [0.2, 0.25) is 5.91 Å². The van der Waals surface area contributed by atoms with Crippen molar-refractivity contribution in [3.8, 4) is 0 Å². The van der Waals surface area contributed by atoms with Gasteiger partial charge in [-0.05, 0) is 18.4 Å². The number of aliphatic hydroxyl groups is 1. The van der Waals surface area contributed by atoms with E-state index in [4.69, 9.17) is 10.6 Å². The molecule has 5 heteroatoms. The predicted octanol–water partition coefficient (Wildman–Crippen LogP) is 0.970. The maximum absolute atomic E-state index is 11.2. The number of amides is 1. The van der Waals surface area contributed by atoms with E-state index < -0.39 is 12.0 Å². The summed E-state index contributed by atoms with van der Waals surface area (Å²) in [6.07, 6.45) is 0.531. The Balaban J connectivity index is 2.12. The van der Waals surface area contributed by atoms with Crippen molar-refractivity contribution in [3.63, 3.8) is 0 Å². The van der Waals surface area contributed by atoms with E-state index in [-0.39, 0.29) is 5.91 Å². The highest BCUT2D eigenvalue weighted by molar-refractivity contribution is 5.78. The largest absolute Gasteiger partial charge is 0.392 e. The number of ether oxygens (including phenoxy) is 1. The quantitative estimate of drug-likeness (QED) is 0.283. The first-order chi connectivity index (χ1) is 9.15. The fourth-order valence-corrected chi connectivity index (χ4v) is 1.71. The number of nitrogens with two attached hydrogens (primary N) is 1. The van der Waals surface area contributed by atoms with Crippen molar-refractivity contribution in [2.75, 3.05) is 6.61 Å². The van der Waals surface area contributed by atoms with Crippen molar-refractivity contribution in [1.82, 2.24) is 5.43 Å². The summed E-state index contributed by atoms with van der Waals surface area (Å²) in [5.41, 5.74) is 3.16. The lowest BCUT2D eigenvalue weighted by atomic mass is 10.00. The van der Waals surface area contributed by atoms with Gasteiger partial charge in [0.25, 0.3) is 0 Å². The molecule has 1 aromatic carbocycles. The van der Waals surface area contributed by atoms with E-state index in [0.717, 1.165) is 5.56 Å². The standard InChI is InChI=1S/C14H22N2O3/c1-11(14(18)16-15)13(17)8-5-9-19-10-12-6-3-2-4-7-12/h2-4,6-7,11,13,17H,5,8-10,15H2,1H3,(H,16,18)/t11-,13?/m1/s1. The molecule has 0 heterocycles. The van der Waals surface area contributed by atoms with Crippen LogP contribution in [-0.4, -0.2) is 23.7 Å². The summed E-state index contributed by atoms with van der Waals surface area (Å²) >= 11 is 0. The second-order valence-electron chi connectivity index (χ2n) is 4.55. The maximum atomic E-state index is 11.2. The Morgan fingerprint density at radius 2 is 2.11 bits per heavy atom. The second kappa shape index (κ2) is 8.63. The number of hydrazine groups is 1. The Morgan fingerprint density at radius 1 is 1.42 bits per heavy atom. The van der Waals surface area contributed by atoms with Gasteiger partial charge in [0, 0.05) is 6.61 Å². The molecule has 4 N–H and O–H groups in total. The molecule has 0 aromatic heterocycles. The van der Waals surface area contributed by atoms with Gasteiger partial charge in [-0.1, -0.05) is 37.3 Å². The zero-order valence-electron chi connectivity index (χ0n) is 11.2. The zero-order chi connectivity index (χ0) is 14.1. The minimum absolute atomic E-state index is 0.349. The van der Waals surface area contributed by atoms with E-state index in [2.05, 4.69) is 0 Å². The number of benzene rings is 1. The van der Waals surface area contributed by atoms with Gasteiger partial charge in [0.05, 0.1) is 18.6 Å². The molecule has 2 atom stereocenters. The summed E-state index contributed by atoms with van der Waals surface area (Å²) in [6, 6.07) is 9.90. The molecule has 0 saturated carbocycles. The van der Waals surface area contributed by atoms with Gasteiger partial charge >= 0.3 is 0 Å². The van der Waals surface area contributed by atoms with Crippen LogP contribution in [0.4, 0.5) is 0 Å². The number of hydrogen-bond acceptors (Lipinski definition) is 4. The van der Waals surface area contributed by atoms with Crippen molar-refractivity contribution in [1.29, 1.82) is 0 Å². The fourth-order valence-electron chi connectivity index (χ4n) is 1.71. The van der Waals surface area contributed by atoms with Gasteiger partial charge in [-0.15, -0.1) is 0 Å². The highest BCUT2D eigenvalue weighted by Gasteiger charge is 2.20. The van der Waals surface area contributed by atoms with E-state index in [1.807, 2.05) is 35.8 Å². The van der Waals surface area contributed by atoms with Crippen LogP contribution in [0, 0.1) is 5.92 Å². The minimum atomic E-state index is -0.691. The lowest BCUT2D eigenvalue weighted by Crippen LogP contribution is -2.39. The molecule has 0 radical (unpaired) electrons. The third-order valence-corrected chi connectivity index (χ3v) is 3.03. The van der Waals surface area contributed by atoms with Crippen molar-refractivity contribution in [2.45, 2.75) is 32.5 Å². The molecule has 5 nitrogen and oxygen atoms in total. The maximum Gasteiger partial charge on any atom is 0.239 e. The Kier molecular flexibility index (Phi) is 7.10. The van der Waals surface area contributed by atoms with Crippen molar-refractivity contribution in [2.24, 2.45) is 11.8 Å². The molecule has 0 aliphatic rings. The smallest absolute Gasteiger partial charge is 0.239 e. The van der Waals surface area contributed by atoms with Crippen LogP contribution in [0.3, 0.4) is 0 Å². The topological polar surface area (TPSA) is 84.6 Å². The lowest BCUT2D eigenvalue weighted by Gasteiger charge is -2.16. The van der Waals surface area contributed by atoms with E-state index in [1.54, 1.807) is 6.92 Å². The Labute approximate surface area is 113 Å². The predicted molar refractivity (Wildman–Crippen MR) is 72.8 cm³/mol. The summed E-state index contributed by atoms with van der Waals surface area (Å²) in [6.45, 7) is 2.77. The third-order valence-electron chi connectivity index (χ3n) is 3.03. The monoisotopic (exact) mass is 266 g/mol. The van der Waals surface area contributed by atoms with Gasteiger partial charge in [-0.3, -0.25) is 10.2 Å². The molecule has 19 heavy (non-hydrogen) atoms. The van der Waals surface area contributed by atoms with Gasteiger partial charge < -0.3 is 9.84 Å². The van der Waals surface area contributed by atoms with Gasteiger partial charge in [-0.2, -0.15) is 0 Å². The number of hydrogen-bond donors (Lipinski definition) is 3. The van der Waals surface area contributed by atoms with E-state index in [0.29, 0.717) is 26.1 Å². The molecule has 0 spiro atoms. The second-order valence-corrected chi connectivity index (χ2v) is 4.55. The average Bonchev–Trinajstić information content (AvgIpc) is 2.46. The molecular formula is C14H22N2O3. The van der Waals surface area contributed by atoms with E-state index in [1.165, 1.54) is 0 Å². The number of carbonyl (C=O) groups is 1. The summed E-state index contributed by atoms with van der Waals surface area (Å²) < 4.78 is 5.50. The number of aliphatic hydroxyl groups excluding tert-OH is 1. The number of nitrogens with one attached hydrogen (secondary N) is 1. The molecule has 0 aliphatic carbocycles. The number of carbonyl (C=O) groups excluding carboxylic acids is 1. The van der Waals surface area contributed by atoms with Crippen molar-refractivity contribution in [3.05, 3.63) is 35.9 Å². The highest BCUT2D eigenvalue weighted by atomic mass is 16.5. The van der Waals surface area contributed by atoms with Gasteiger partial charge in [0.1, 0.15) is 0 Å². The Morgan fingerprint density at radius 3 is 2.74 bits per heavy atom. The van der Waals surface area contributed by atoms with Crippen LogP contribution in [0.15, 0.2) is 30.3 Å². The summed E-state index contributed by atoms with van der Waals surface area (Å²) in [7, 11) is 0. The first kappa shape index (κ1) is 15.6. The molecular weight excluding hydrogens is 244 g/mol. The molecule has 1 unspecified atom stereocenters. The van der Waals surface area contributed by atoms with Gasteiger partial charge in [0.15, 0.2) is 0 Å². The molecule has 0 bridgehead atoms. The van der Waals surface area contributed by atoms with E-state index >= 15 is 0 Å². The van der Waals surface area contributed by atoms with Crippen LogP contribution >= 0.6 is 0 Å². The first-order valence-electron chi connectivity index (χ1n) is 6.45. The summed E-state index contributed by atoms with van der Waals surface area (Å²) in [5.74, 6) is 4.17. The molecule has 106 valence electrons. The Bertz CT molecular complexity index is 370. The molecule has 0 aliphatic heterocycles. The summed E-state index contributed by atoms with van der Waals surface area (Å²) in [4.78, 5) is 11.2. The first-order valence-corrected chi connectivity index (χ1v) is 6.45. The minimum Gasteiger partial charge on any atom is -0.392 e. The average molecular weight is 266 g/mol. The highest BCUT2D eigenvalue weighted by Crippen LogP contribution is 2.10. The SMILES string of the molecule is C[C@@H](C(=O)NN)C(O)CCCOCc1ccccc1. The third kappa shape index (κ3) is 5.83. The molecule has 1 aromatic rings. The van der Waals surface area contributed by atoms with Crippen LogP contribution in [0.5, 0.6) is 0 Å². The number of rotatable bonds is 8. The zero-order valence-corrected chi connectivity index (χ0v) is 11.2. The van der Waals surface area contributed by atoms with E-state index in [9.17, 15) is 9.90 Å². The van der Waals surface area contributed by atoms with Crippen LogP contribution < -0.4 is 11.3 Å². The van der Waals surface area contributed by atoms with Crippen LogP contribution in [0.1, 0.15) is 25.3 Å².